The van der Waals surface area contributed by atoms with Crippen molar-refractivity contribution in [2.24, 2.45) is 11.3 Å². The predicted molar refractivity (Wildman–Crippen MR) is 155 cm³/mol. The van der Waals surface area contributed by atoms with Crippen molar-refractivity contribution in [3.8, 4) is 22.6 Å². The van der Waals surface area contributed by atoms with Crippen LogP contribution in [0.1, 0.15) is 117 Å². The van der Waals surface area contributed by atoms with Gasteiger partial charge < -0.3 is 9.47 Å². The molecule has 1 fully saturated rings. The first kappa shape index (κ1) is 29.3. The third kappa shape index (κ3) is 10.9. The van der Waals surface area contributed by atoms with Crippen LogP contribution in [0.25, 0.3) is 11.1 Å². The van der Waals surface area contributed by atoms with E-state index in [1.807, 2.05) is 36.4 Å². The number of hydrogen-bond donors (Lipinski definition) is 0. The lowest BCUT2D eigenvalue weighted by atomic mass is 10.0. The summed E-state index contributed by atoms with van der Waals surface area (Å²) in [7, 11) is 0. The molecule has 37 heavy (non-hydrogen) atoms. The fourth-order valence-electron chi connectivity index (χ4n) is 5.00. The molecule has 3 rings (SSSR count). The molecule has 0 spiro atoms. The summed E-state index contributed by atoms with van der Waals surface area (Å²) in [5.74, 6) is 1.46. The molecule has 0 aliphatic heterocycles. The SMILES string of the molecule is CCCCCCCCCCCCCCCCOc1ccc(-c2ccc(OC(=O)C3CC3(C)C)cc2)cc1. The summed E-state index contributed by atoms with van der Waals surface area (Å²) in [6, 6.07) is 16.0. The maximum absolute atomic E-state index is 12.2. The number of unbranched alkanes of at least 4 members (excludes halogenated alkanes) is 13. The van der Waals surface area contributed by atoms with E-state index in [9.17, 15) is 4.79 Å². The largest absolute Gasteiger partial charge is 0.494 e. The standard InChI is InChI=1S/C34H50O3/c1-4-5-6-7-8-9-10-11-12-13-14-15-16-17-26-36-30-22-18-28(19-23-30)29-20-24-31(25-21-29)37-33(35)32-27-34(32,2)3/h18-25,32H,4-17,26-27H2,1-3H3. The molecule has 0 radical (unpaired) electrons. The van der Waals surface area contributed by atoms with Crippen LogP contribution in [0, 0.1) is 11.3 Å². The van der Waals surface area contributed by atoms with Crippen LogP contribution in [0.15, 0.2) is 48.5 Å². The number of carbonyl (C=O) groups is 1. The molecule has 2 aromatic rings. The molecule has 0 aromatic heterocycles. The van der Waals surface area contributed by atoms with Crippen LogP contribution in [0.2, 0.25) is 0 Å². The van der Waals surface area contributed by atoms with Crippen LogP contribution in [0.3, 0.4) is 0 Å². The van der Waals surface area contributed by atoms with Crippen LogP contribution < -0.4 is 9.47 Å². The number of benzene rings is 2. The summed E-state index contributed by atoms with van der Waals surface area (Å²) in [5, 5.41) is 0. The summed E-state index contributed by atoms with van der Waals surface area (Å²) in [5.41, 5.74) is 2.32. The minimum absolute atomic E-state index is 0.0317. The van der Waals surface area contributed by atoms with Crippen LogP contribution >= 0.6 is 0 Å². The molecule has 0 N–H and O–H groups in total. The average Bonchev–Trinajstić information content (AvgIpc) is 3.55. The Bertz CT molecular complexity index is 898. The van der Waals surface area contributed by atoms with Crippen molar-refractivity contribution in [1.29, 1.82) is 0 Å². The Labute approximate surface area is 226 Å². The Hall–Kier alpha value is -2.29. The Balaban J connectivity index is 1.21. The monoisotopic (exact) mass is 506 g/mol. The van der Waals surface area contributed by atoms with Gasteiger partial charge in [0, 0.05) is 0 Å². The molecule has 2 aromatic carbocycles. The van der Waals surface area contributed by atoms with Crippen molar-refractivity contribution >= 4 is 5.97 Å². The molecule has 1 unspecified atom stereocenters. The number of rotatable bonds is 19. The molecule has 0 saturated heterocycles. The highest BCUT2D eigenvalue weighted by atomic mass is 16.5. The van der Waals surface area contributed by atoms with E-state index in [4.69, 9.17) is 9.47 Å². The van der Waals surface area contributed by atoms with Crippen LogP contribution in [0.5, 0.6) is 11.5 Å². The van der Waals surface area contributed by atoms with E-state index in [1.165, 1.54) is 83.5 Å². The molecular weight excluding hydrogens is 456 g/mol. The molecule has 0 bridgehead atoms. The first-order chi connectivity index (χ1) is 18.0. The van der Waals surface area contributed by atoms with Crippen LogP contribution in [-0.2, 0) is 4.79 Å². The number of esters is 1. The third-order valence-electron chi connectivity index (χ3n) is 7.82. The maximum atomic E-state index is 12.2. The van der Waals surface area contributed by atoms with E-state index >= 15 is 0 Å². The first-order valence-electron chi connectivity index (χ1n) is 15.0. The van der Waals surface area contributed by atoms with Crippen molar-refractivity contribution < 1.29 is 14.3 Å². The second-order valence-electron chi connectivity index (χ2n) is 11.7. The van der Waals surface area contributed by atoms with Crippen molar-refractivity contribution in [3.63, 3.8) is 0 Å². The summed E-state index contributed by atoms with van der Waals surface area (Å²) in [6.45, 7) is 7.28. The van der Waals surface area contributed by atoms with Gasteiger partial charge in [-0.2, -0.15) is 0 Å². The first-order valence-corrected chi connectivity index (χ1v) is 15.0. The van der Waals surface area contributed by atoms with Crippen molar-refractivity contribution in [1.82, 2.24) is 0 Å². The van der Waals surface area contributed by atoms with Crippen molar-refractivity contribution in [2.75, 3.05) is 6.61 Å². The van der Waals surface area contributed by atoms with Crippen molar-refractivity contribution in [3.05, 3.63) is 48.5 Å². The van der Waals surface area contributed by atoms with E-state index in [1.54, 1.807) is 0 Å². The van der Waals surface area contributed by atoms with Gasteiger partial charge in [0.2, 0.25) is 0 Å². The Morgan fingerprint density at radius 3 is 1.51 bits per heavy atom. The maximum Gasteiger partial charge on any atom is 0.314 e. The molecule has 1 aliphatic carbocycles. The van der Waals surface area contributed by atoms with Gasteiger partial charge in [0.05, 0.1) is 12.5 Å². The van der Waals surface area contributed by atoms with Gasteiger partial charge in [-0.05, 0) is 53.6 Å². The molecule has 1 aliphatic rings. The molecule has 3 nitrogen and oxygen atoms in total. The second kappa shape index (κ2) is 15.8. The lowest BCUT2D eigenvalue weighted by Crippen LogP contribution is -2.13. The highest BCUT2D eigenvalue weighted by molar-refractivity contribution is 5.79. The smallest absolute Gasteiger partial charge is 0.314 e. The fourth-order valence-corrected chi connectivity index (χ4v) is 5.00. The molecule has 0 heterocycles. The molecule has 1 atom stereocenters. The Kier molecular flexibility index (Phi) is 12.5. The summed E-state index contributed by atoms with van der Waals surface area (Å²) < 4.78 is 11.5. The van der Waals surface area contributed by atoms with Crippen LogP contribution in [-0.4, -0.2) is 12.6 Å². The van der Waals surface area contributed by atoms with Gasteiger partial charge in [0.15, 0.2) is 0 Å². The minimum atomic E-state index is -0.113. The topological polar surface area (TPSA) is 35.5 Å². The van der Waals surface area contributed by atoms with E-state index in [2.05, 4.69) is 32.9 Å². The van der Waals surface area contributed by atoms with Gasteiger partial charge in [0.1, 0.15) is 11.5 Å². The zero-order chi connectivity index (χ0) is 26.3. The Morgan fingerprint density at radius 2 is 1.08 bits per heavy atom. The van der Waals surface area contributed by atoms with Gasteiger partial charge in [-0.3, -0.25) is 4.79 Å². The Morgan fingerprint density at radius 1 is 0.676 bits per heavy atom. The summed E-state index contributed by atoms with van der Waals surface area (Å²) in [6.07, 6.45) is 20.1. The summed E-state index contributed by atoms with van der Waals surface area (Å²) in [4.78, 5) is 12.2. The van der Waals surface area contributed by atoms with E-state index in [-0.39, 0.29) is 17.3 Å². The van der Waals surface area contributed by atoms with Crippen LogP contribution in [0.4, 0.5) is 0 Å². The molecule has 3 heteroatoms. The number of ether oxygens (including phenoxy) is 2. The predicted octanol–water partition coefficient (Wildman–Crippen LogP) is 10.2. The fraction of sp³-hybridized carbons (Fsp3) is 0.618. The molecule has 1 saturated carbocycles. The molecule has 204 valence electrons. The number of carbonyl (C=O) groups excluding carboxylic acids is 1. The van der Waals surface area contributed by atoms with Gasteiger partial charge in [-0.25, -0.2) is 0 Å². The second-order valence-corrected chi connectivity index (χ2v) is 11.7. The molecule has 0 amide bonds. The van der Waals surface area contributed by atoms with E-state index in [0.29, 0.717) is 5.75 Å². The van der Waals surface area contributed by atoms with Gasteiger partial charge >= 0.3 is 5.97 Å². The average molecular weight is 507 g/mol. The lowest BCUT2D eigenvalue weighted by Gasteiger charge is -2.09. The zero-order valence-corrected chi connectivity index (χ0v) is 23.7. The minimum Gasteiger partial charge on any atom is -0.494 e. The summed E-state index contributed by atoms with van der Waals surface area (Å²) >= 11 is 0. The van der Waals surface area contributed by atoms with Gasteiger partial charge in [-0.15, -0.1) is 0 Å². The van der Waals surface area contributed by atoms with Gasteiger partial charge in [-0.1, -0.05) is 129 Å². The molecular formula is C34H50O3. The third-order valence-corrected chi connectivity index (χ3v) is 7.82. The normalized spacial score (nSPS) is 15.9. The zero-order valence-electron chi connectivity index (χ0n) is 23.7. The highest BCUT2D eigenvalue weighted by Crippen LogP contribution is 2.52. The van der Waals surface area contributed by atoms with E-state index in [0.717, 1.165) is 36.3 Å². The lowest BCUT2D eigenvalue weighted by molar-refractivity contribution is -0.136. The number of hydrogen-bond acceptors (Lipinski definition) is 3. The van der Waals surface area contributed by atoms with Gasteiger partial charge in [0.25, 0.3) is 0 Å². The van der Waals surface area contributed by atoms with Crippen molar-refractivity contribution in [2.45, 2.75) is 117 Å². The van der Waals surface area contributed by atoms with E-state index < -0.39 is 0 Å². The quantitative estimate of drug-likeness (QED) is 0.108. The highest BCUT2D eigenvalue weighted by Gasteiger charge is 2.51.